The smallest absolute Gasteiger partial charge is 0.339 e. The van der Waals surface area contributed by atoms with Crippen molar-refractivity contribution in [3.05, 3.63) is 58.1 Å². The minimum atomic E-state index is -1.15. The van der Waals surface area contributed by atoms with E-state index in [2.05, 4.69) is 0 Å². The van der Waals surface area contributed by atoms with Crippen LogP contribution in [0.4, 0.5) is 0 Å². The summed E-state index contributed by atoms with van der Waals surface area (Å²) in [5.41, 5.74) is 2.49. The highest BCUT2D eigenvalue weighted by Crippen LogP contribution is 2.36. The molecule has 0 fully saturated rings. The molecule has 4 nitrogen and oxygen atoms in total. The Kier molecular flexibility index (Phi) is 3.88. The van der Waals surface area contributed by atoms with Crippen molar-refractivity contribution in [1.29, 1.82) is 0 Å². The molecule has 0 saturated heterocycles. The fourth-order valence-electron chi connectivity index (χ4n) is 2.51. The van der Waals surface area contributed by atoms with Gasteiger partial charge in [-0.3, -0.25) is 0 Å². The molecule has 2 aromatic rings. The lowest BCUT2D eigenvalue weighted by Crippen LogP contribution is -2.20. The number of aromatic carboxylic acids is 1. The lowest BCUT2D eigenvalue weighted by atomic mass is 9.76. The molecule has 0 aliphatic rings. The second-order valence-electron chi connectivity index (χ2n) is 6.12. The molecule has 0 radical (unpaired) electrons. The van der Waals surface area contributed by atoms with Crippen molar-refractivity contribution < 1.29 is 20.1 Å². The van der Waals surface area contributed by atoms with Gasteiger partial charge in [0, 0.05) is 5.41 Å². The van der Waals surface area contributed by atoms with Gasteiger partial charge in [-0.05, 0) is 48.2 Å². The number of hydrogen-bond donors (Lipinski definition) is 3. The monoisotopic (exact) mass is 300 g/mol. The summed E-state index contributed by atoms with van der Waals surface area (Å²) in [6.07, 6.45) is 0. The van der Waals surface area contributed by atoms with Crippen molar-refractivity contribution in [3.63, 3.8) is 0 Å². The molecule has 116 valence electrons. The summed E-state index contributed by atoms with van der Waals surface area (Å²) in [7, 11) is 0. The maximum Gasteiger partial charge on any atom is 0.339 e. The van der Waals surface area contributed by atoms with Gasteiger partial charge in [-0.25, -0.2) is 4.79 Å². The van der Waals surface area contributed by atoms with Crippen molar-refractivity contribution in [2.24, 2.45) is 0 Å². The Morgan fingerprint density at radius 2 is 1.55 bits per heavy atom. The topological polar surface area (TPSA) is 77.8 Å². The number of phenols is 2. The second-order valence-corrected chi connectivity index (χ2v) is 6.12. The minimum Gasteiger partial charge on any atom is -0.508 e. The van der Waals surface area contributed by atoms with E-state index in [4.69, 9.17) is 0 Å². The van der Waals surface area contributed by atoms with Crippen LogP contribution in [0.2, 0.25) is 0 Å². The van der Waals surface area contributed by atoms with Crippen LogP contribution in [0.15, 0.2) is 30.3 Å². The van der Waals surface area contributed by atoms with E-state index in [0.29, 0.717) is 5.56 Å². The first-order valence-corrected chi connectivity index (χ1v) is 7.02. The van der Waals surface area contributed by atoms with Gasteiger partial charge in [0.2, 0.25) is 0 Å². The summed E-state index contributed by atoms with van der Waals surface area (Å²) < 4.78 is 0. The lowest BCUT2D eigenvalue weighted by molar-refractivity contribution is 0.0693. The molecule has 0 bridgehead atoms. The highest BCUT2D eigenvalue weighted by Gasteiger charge is 2.26. The van der Waals surface area contributed by atoms with Crippen LogP contribution in [0.1, 0.15) is 46.5 Å². The van der Waals surface area contributed by atoms with Crippen LogP contribution in [0.5, 0.6) is 11.5 Å². The van der Waals surface area contributed by atoms with Gasteiger partial charge < -0.3 is 15.3 Å². The quantitative estimate of drug-likeness (QED) is 0.807. The van der Waals surface area contributed by atoms with E-state index in [1.165, 1.54) is 6.07 Å². The SMILES string of the molecule is Cc1cc(C(C)(C)c2cc(C)c(O)c(C(=O)O)c2)ccc1O. The van der Waals surface area contributed by atoms with Crippen LogP contribution in [-0.4, -0.2) is 21.3 Å². The summed E-state index contributed by atoms with van der Waals surface area (Å²) in [5, 5.41) is 28.8. The highest BCUT2D eigenvalue weighted by atomic mass is 16.4. The summed E-state index contributed by atoms with van der Waals surface area (Å²) in [6, 6.07) is 8.65. The molecule has 0 unspecified atom stereocenters. The number of carbonyl (C=O) groups is 1. The van der Waals surface area contributed by atoms with Crippen LogP contribution < -0.4 is 0 Å². The third-order valence-electron chi connectivity index (χ3n) is 4.17. The molecular weight excluding hydrogens is 280 g/mol. The number of benzene rings is 2. The molecule has 0 aliphatic carbocycles. The van der Waals surface area contributed by atoms with Crippen LogP contribution in [0.25, 0.3) is 0 Å². The van der Waals surface area contributed by atoms with Crippen molar-refractivity contribution in [2.45, 2.75) is 33.1 Å². The molecule has 0 aliphatic heterocycles. The third-order valence-corrected chi connectivity index (χ3v) is 4.17. The summed E-state index contributed by atoms with van der Waals surface area (Å²) >= 11 is 0. The van der Waals surface area contributed by atoms with Gasteiger partial charge in [0.1, 0.15) is 17.1 Å². The van der Waals surface area contributed by atoms with Crippen molar-refractivity contribution >= 4 is 5.97 Å². The maximum atomic E-state index is 11.3. The Morgan fingerprint density at radius 1 is 0.955 bits per heavy atom. The Bertz CT molecular complexity index is 745. The third kappa shape index (κ3) is 2.64. The van der Waals surface area contributed by atoms with Gasteiger partial charge >= 0.3 is 5.97 Å². The van der Waals surface area contributed by atoms with Gasteiger partial charge in [0.15, 0.2) is 0 Å². The first-order chi connectivity index (χ1) is 10.1. The number of phenolic OH excluding ortho intramolecular Hbond substituents is 1. The number of aromatic hydroxyl groups is 2. The molecule has 22 heavy (non-hydrogen) atoms. The molecule has 0 aromatic heterocycles. The molecule has 0 atom stereocenters. The molecule has 0 amide bonds. The van der Waals surface area contributed by atoms with E-state index < -0.39 is 11.4 Å². The predicted octanol–water partition coefficient (Wildman–Crippen LogP) is 3.74. The molecule has 3 N–H and O–H groups in total. The Morgan fingerprint density at radius 3 is 2.09 bits per heavy atom. The van der Waals surface area contributed by atoms with E-state index in [-0.39, 0.29) is 17.1 Å². The van der Waals surface area contributed by atoms with E-state index in [1.54, 1.807) is 19.1 Å². The Balaban J connectivity index is 2.62. The standard InChI is InChI=1S/C18H20O4/c1-10-7-12(5-6-15(10)19)18(3,4)13-8-11(2)16(20)14(9-13)17(21)22/h5-9,19-20H,1-4H3,(H,21,22). The van der Waals surface area contributed by atoms with E-state index in [1.807, 2.05) is 32.9 Å². The Hall–Kier alpha value is -2.49. The average molecular weight is 300 g/mol. The summed E-state index contributed by atoms with van der Waals surface area (Å²) in [4.78, 5) is 11.3. The first kappa shape index (κ1) is 15.9. The molecule has 0 saturated carbocycles. The van der Waals surface area contributed by atoms with Crippen molar-refractivity contribution in [2.75, 3.05) is 0 Å². The normalized spacial score (nSPS) is 11.5. The fourth-order valence-corrected chi connectivity index (χ4v) is 2.51. The van der Waals surface area contributed by atoms with E-state index >= 15 is 0 Å². The number of rotatable bonds is 3. The van der Waals surface area contributed by atoms with Gasteiger partial charge in [-0.15, -0.1) is 0 Å². The Labute approximate surface area is 129 Å². The molecule has 2 aromatic carbocycles. The van der Waals surface area contributed by atoms with Gasteiger partial charge in [-0.2, -0.15) is 0 Å². The number of carboxylic acids is 1. The summed E-state index contributed by atoms with van der Waals surface area (Å²) in [6.45, 7) is 7.47. The van der Waals surface area contributed by atoms with Crippen molar-refractivity contribution in [3.8, 4) is 11.5 Å². The fraction of sp³-hybridized carbons (Fsp3) is 0.278. The maximum absolute atomic E-state index is 11.3. The first-order valence-electron chi connectivity index (χ1n) is 7.02. The zero-order valence-corrected chi connectivity index (χ0v) is 13.1. The van der Waals surface area contributed by atoms with Crippen LogP contribution in [-0.2, 0) is 5.41 Å². The molecule has 4 heteroatoms. The second kappa shape index (κ2) is 5.37. The molecular formula is C18H20O4. The molecule has 2 rings (SSSR count). The lowest BCUT2D eigenvalue weighted by Gasteiger charge is -2.27. The summed E-state index contributed by atoms with van der Waals surface area (Å²) in [5.74, 6) is -1.12. The van der Waals surface area contributed by atoms with E-state index in [0.717, 1.165) is 16.7 Å². The van der Waals surface area contributed by atoms with Crippen LogP contribution >= 0.6 is 0 Å². The number of carboxylic acid groups (broad SMARTS) is 1. The van der Waals surface area contributed by atoms with Crippen molar-refractivity contribution in [1.82, 2.24) is 0 Å². The van der Waals surface area contributed by atoms with E-state index in [9.17, 15) is 20.1 Å². The number of aryl methyl sites for hydroxylation is 2. The van der Waals surface area contributed by atoms with Crippen LogP contribution in [0.3, 0.4) is 0 Å². The molecule has 0 spiro atoms. The molecule has 0 heterocycles. The van der Waals surface area contributed by atoms with Gasteiger partial charge in [-0.1, -0.05) is 32.0 Å². The van der Waals surface area contributed by atoms with Gasteiger partial charge in [0.25, 0.3) is 0 Å². The van der Waals surface area contributed by atoms with Crippen LogP contribution in [0, 0.1) is 13.8 Å². The largest absolute Gasteiger partial charge is 0.508 e. The minimum absolute atomic E-state index is 0.0985. The van der Waals surface area contributed by atoms with Gasteiger partial charge in [0.05, 0.1) is 0 Å². The zero-order chi connectivity index (χ0) is 16.7. The number of hydrogen-bond acceptors (Lipinski definition) is 3. The average Bonchev–Trinajstić information content (AvgIpc) is 2.44. The predicted molar refractivity (Wildman–Crippen MR) is 84.8 cm³/mol. The highest BCUT2D eigenvalue weighted by molar-refractivity contribution is 5.91. The zero-order valence-electron chi connectivity index (χ0n) is 13.1.